The van der Waals surface area contributed by atoms with E-state index >= 15 is 0 Å². The van der Waals surface area contributed by atoms with Gasteiger partial charge in [0.15, 0.2) is 29.0 Å². The predicted molar refractivity (Wildman–Crippen MR) is 482 cm³/mol. The molecule has 8 heterocycles. The quantitative estimate of drug-likeness (QED) is 0.0396. The van der Waals surface area contributed by atoms with Crippen LogP contribution >= 0.6 is 158 Å². The summed E-state index contributed by atoms with van der Waals surface area (Å²) >= 11 is 48.1. The summed E-state index contributed by atoms with van der Waals surface area (Å²) in [6.45, 7) is 18.5. The second-order valence-corrected chi connectivity index (χ2v) is 34.7. The topological polar surface area (TPSA) is 356 Å². The van der Waals surface area contributed by atoms with Gasteiger partial charge in [0, 0.05) is 92.1 Å². The van der Waals surface area contributed by atoms with Gasteiger partial charge in [0.05, 0.1) is 65.1 Å². The molecule has 0 saturated heterocycles. The third kappa shape index (κ3) is 24.4. The van der Waals surface area contributed by atoms with Gasteiger partial charge in [0.25, 0.3) is 47.3 Å². The summed E-state index contributed by atoms with van der Waals surface area (Å²) < 4.78 is 49.1. The third-order valence-corrected chi connectivity index (χ3v) is 20.5. The number of aromatic nitrogens is 12. The molecule has 0 aliphatic heterocycles. The molecule has 8 aromatic heterocycles. The summed E-state index contributed by atoms with van der Waals surface area (Å²) in [6.07, 6.45) is 1.18. The molecule has 0 radical (unpaired) electrons. The molecule has 0 unspecified atom stereocenters. The smallest absolute Gasteiger partial charge is 0.355 e. The zero-order valence-corrected chi connectivity index (χ0v) is 79.2. The molecule has 0 aliphatic carbocycles. The minimum Gasteiger partial charge on any atom is -0.355 e. The molecule has 121 heavy (non-hydrogen) atoms. The van der Waals surface area contributed by atoms with Gasteiger partial charge < -0.3 is 42.5 Å². The number of pyridine rings is 4. The van der Waals surface area contributed by atoms with Gasteiger partial charge in [-0.05, 0) is 236 Å². The normalized spacial score (nSPS) is 11.1. The van der Waals surface area contributed by atoms with Crippen molar-refractivity contribution in [3.63, 3.8) is 0 Å². The zero-order chi connectivity index (χ0) is 89.0. The highest BCUT2D eigenvalue weighted by atomic mass is 79.9. The number of nitrogens with zero attached hydrogens (tertiary/aromatic N) is 12. The maximum Gasteiger partial charge on any atom is 0.435 e. The maximum absolute atomic E-state index is 13.4. The number of alkyl halides is 3. The number of halogens is 14. The van der Waals surface area contributed by atoms with Crippen LogP contribution in [0.15, 0.2) is 178 Å². The molecule has 4 aromatic carbocycles. The van der Waals surface area contributed by atoms with Crippen LogP contribution < -0.4 is 42.5 Å². The lowest BCUT2D eigenvalue weighted by atomic mass is 10.0. The van der Waals surface area contributed by atoms with Crippen LogP contribution in [0.5, 0.6) is 0 Å². The van der Waals surface area contributed by atoms with Crippen molar-refractivity contribution in [1.82, 2.24) is 80.3 Å². The van der Waals surface area contributed by atoms with Crippen LogP contribution in [0.3, 0.4) is 0 Å². The summed E-state index contributed by atoms with van der Waals surface area (Å²) in [7, 11) is 1.53. The van der Waals surface area contributed by atoms with Crippen LogP contribution in [0.2, 0.25) is 20.1 Å². The molecule has 12 rings (SSSR count). The van der Waals surface area contributed by atoms with E-state index in [0.29, 0.717) is 103 Å². The third-order valence-electron chi connectivity index (χ3n) is 16.3. The first kappa shape index (κ1) is 95.2. The Morgan fingerprint density at radius 2 is 0.686 bits per heavy atom. The predicted octanol–water partition coefficient (Wildman–Crippen LogP) is 20.1. The first-order valence-corrected chi connectivity index (χ1v) is 42.5. The highest BCUT2D eigenvalue weighted by Crippen LogP contribution is 2.36. The largest absolute Gasteiger partial charge is 0.435 e. The second kappa shape index (κ2) is 41.5. The van der Waals surface area contributed by atoms with E-state index in [2.05, 4.69) is 194 Å². The molecule has 42 heteroatoms. The van der Waals surface area contributed by atoms with E-state index in [-0.39, 0.29) is 62.9 Å². The maximum atomic E-state index is 13.4. The Labute approximate surface area is 768 Å². The minimum absolute atomic E-state index is 0.00144. The van der Waals surface area contributed by atoms with Crippen molar-refractivity contribution in [2.75, 3.05) is 34.9 Å². The van der Waals surface area contributed by atoms with E-state index in [4.69, 9.17) is 46.4 Å². The van der Waals surface area contributed by atoms with Crippen LogP contribution in [0.4, 0.5) is 35.9 Å². The number of aryl methyl sites for hydroxylation is 4. The van der Waals surface area contributed by atoms with Gasteiger partial charge in [-0.3, -0.25) is 38.4 Å². The Morgan fingerprint density at radius 1 is 0.405 bits per heavy atom. The van der Waals surface area contributed by atoms with E-state index in [1.54, 1.807) is 132 Å². The standard InChI is InChI=1S/C22H20BrClF3N5O2.C20H18Br2ClN5O2.C19H16Br2ClN5O2.C18H14Br2ClN5O2/c1-11-8-12(23)9-13(19(33)30-21(2,3)4)17(11)29-20(34)15-10-16(22(25,26)27)31-32(15)18-14(24)6-5-7-28-18;1-10(2)25-19(29)13-8-12(21)7-11(3)17(13)26-20(30)15-9-16(22)27-28(15)18-14(23)5-4-6-24-18;1-3-23-18(28)12-8-11(20)7-10(2)16(12)25-19(29)14-9-15(21)26-27(14)17-13(22)5-4-6-24-17;1-9-6-10(19)7-11(17(27)22-2)15(9)24-18(28)13-8-14(20)25-26(13)16-12(21)4-3-5-23-16/h5-10H,1-4H3,(H,29,34)(H,30,33);4-10H,1-3H3,(H,25,29)(H,26,30);4-9H,3H2,1-2H3,(H,23,28)(H,25,29);3-8H,1-2H3,(H,22,27)(H,24,28). The van der Waals surface area contributed by atoms with Crippen molar-refractivity contribution >= 4 is 228 Å². The molecule has 28 nitrogen and oxygen atoms in total. The van der Waals surface area contributed by atoms with Crippen molar-refractivity contribution in [2.45, 2.75) is 87.0 Å². The van der Waals surface area contributed by atoms with Gasteiger partial charge in [-0.15, -0.1) is 0 Å². The molecule has 8 amide bonds. The van der Waals surface area contributed by atoms with Gasteiger partial charge in [-0.25, -0.2) is 38.7 Å². The molecule has 0 atom stereocenters. The van der Waals surface area contributed by atoms with Gasteiger partial charge in [-0.1, -0.05) is 110 Å². The first-order valence-electron chi connectivity index (χ1n) is 35.4. The SMILES string of the molecule is CCNC(=O)c1cc(Br)cc(C)c1NC(=O)c1cc(Br)nn1-c1ncccc1Cl.CNC(=O)c1cc(Br)cc(C)c1NC(=O)c1cc(Br)nn1-c1ncccc1Cl.Cc1cc(Br)cc(C(=O)NC(C)(C)C)c1NC(=O)c1cc(C(F)(F)F)nn1-c1ncccc1Cl.Cc1cc(Br)cc(C(=O)NC(C)C)c1NC(=O)c1cc(Br)nn1-c1ncccc1Cl. The summed E-state index contributed by atoms with van der Waals surface area (Å²) in [6, 6.07) is 31.8. The number of anilines is 4. The number of hydrogen-bond donors (Lipinski definition) is 8. The minimum atomic E-state index is -4.81. The summed E-state index contributed by atoms with van der Waals surface area (Å²) in [5.41, 5.74) is 3.56. The summed E-state index contributed by atoms with van der Waals surface area (Å²) in [4.78, 5) is 119. The van der Waals surface area contributed by atoms with Crippen LogP contribution in [0.25, 0.3) is 23.3 Å². The number of carbonyl (C=O) groups excluding carboxylic acids is 8. The molecule has 0 fully saturated rings. The highest BCUT2D eigenvalue weighted by Gasteiger charge is 2.38. The van der Waals surface area contributed by atoms with Crippen LogP contribution in [0.1, 0.15) is 153 Å². The molecule has 630 valence electrons. The number of carbonyl (C=O) groups is 8. The van der Waals surface area contributed by atoms with Crippen molar-refractivity contribution < 1.29 is 51.5 Å². The Hall–Kier alpha value is -9.61. The fourth-order valence-corrected chi connectivity index (χ4v) is 15.4. The van der Waals surface area contributed by atoms with E-state index in [0.717, 1.165) is 34.8 Å². The lowest BCUT2D eigenvalue weighted by Gasteiger charge is -2.22. The van der Waals surface area contributed by atoms with Crippen molar-refractivity contribution in [3.8, 4) is 23.3 Å². The number of nitrogens with one attached hydrogen (secondary N) is 8. The Bertz CT molecular complexity index is 6020. The second-order valence-electron chi connectivity index (χ2n) is 27.0. The number of hydrogen-bond acceptors (Lipinski definition) is 16. The first-order chi connectivity index (χ1) is 57.0. The lowest BCUT2D eigenvalue weighted by Crippen LogP contribution is -2.41. The van der Waals surface area contributed by atoms with E-state index in [1.165, 1.54) is 45.5 Å². The van der Waals surface area contributed by atoms with Crippen LogP contribution in [-0.2, 0) is 6.18 Å². The molecule has 0 aliphatic rings. The monoisotopic (exact) mass is 2170 g/mol. The van der Waals surface area contributed by atoms with Crippen LogP contribution in [0, 0.1) is 27.7 Å². The molecule has 0 saturated carbocycles. The fraction of sp³-hybridized carbons (Fsp3) is 0.190. The van der Waals surface area contributed by atoms with Crippen LogP contribution in [-0.4, -0.2) is 131 Å². The highest BCUT2D eigenvalue weighted by molar-refractivity contribution is 9.11. The number of rotatable bonds is 18. The number of benzene rings is 4. The lowest BCUT2D eigenvalue weighted by molar-refractivity contribution is -0.141. The van der Waals surface area contributed by atoms with Gasteiger partial charge >= 0.3 is 6.18 Å². The van der Waals surface area contributed by atoms with Gasteiger partial charge in [0.1, 0.15) is 36.6 Å². The van der Waals surface area contributed by atoms with Crippen molar-refractivity contribution in [3.05, 3.63) is 271 Å². The number of amides is 8. The van der Waals surface area contributed by atoms with E-state index in [1.807, 2.05) is 52.8 Å². The summed E-state index contributed by atoms with van der Waals surface area (Å²) in [5.74, 6) is -2.85. The Kier molecular flexibility index (Phi) is 32.7. The fourth-order valence-electron chi connectivity index (χ4n) is 11.2. The zero-order valence-electron chi connectivity index (χ0n) is 65.1. The van der Waals surface area contributed by atoms with E-state index in [9.17, 15) is 51.5 Å². The molecule has 0 bridgehead atoms. The van der Waals surface area contributed by atoms with Crippen molar-refractivity contribution in [1.29, 1.82) is 0 Å². The van der Waals surface area contributed by atoms with E-state index < -0.39 is 52.6 Å². The molecular weight excluding hydrogens is 2120 g/mol. The molecule has 8 N–H and O–H groups in total. The molecular formula is C79H68Br7Cl4F3N20O8. The summed E-state index contributed by atoms with van der Waals surface area (Å²) in [5, 5.41) is 39.4. The average molecular weight is 2180 g/mol. The molecule has 12 aromatic rings. The van der Waals surface area contributed by atoms with Crippen molar-refractivity contribution in [2.24, 2.45) is 0 Å². The van der Waals surface area contributed by atoms with Gasteiger partial charge in [0.2, 0.25) is 0 Å². The van der Waals surface area contributed by atoms with Gasteiger partial charge in [-0.2, -0.15) is 33.6 Å². The Balaban J connectivity index is 0.000000184. The molecule has 0 spiro atoms. The average Bonchev–Trinajstić information content (AvgIpc) is 1.51. The Morgan fingerprint density at radius 3 is 0.959 bits per heavy atom.